The molecule has 3 rings (SSSR count). The van der Waals surface area contributed by atoms with E-state index < -0.39 is 0 Å². The van der Waals surface area contributed by atoms with Gasteiger partial charge in [0.2, 0.25) is 0 Å². The Kier molecular flexibility index (Phi) is 6.80. The van der Waals surface area contributed by atoms with Crippen molar-refractivity contribution in [1.82, 2.24) is 15.1 Å². The molecule has 0 aromatic heterocycles. The van der Waals surface area contributed by atoms with Crippen molar-refractivity contribution in [2.45, 2.75) is 32.7 Å². The summed E-state index contributed by atoms with van der Waals surface area (Å²) in [7, 11) is 2.19. The largest absolute Gasteiger partial charge is 0.392 e. The summed E-state index contributed by atoms with van der Waals surface area (Å²) in [5, 5.41) is 12.9. The quantitative estimate of drug-likeness (QED) is 0.803. The van der Waals surface area contributed by atoms with Gasteiger partial charge in [-0.25, -0.2) is 0 Å². The summed E-state index contributed by atoms with van der Waals surface area (Å²) in [5.41, 5.74) is 4.87. The van der Waals surface area contributed by atoms with E-state index in [9.17, 15) is 5.11 Å². The number of nitrogens with zero attached hydrogens (tertiary/aromatic N) is 2. The number of benzene rings is 2. The predicted octanol–water partition coefficient (Wildman–Crippen LogP) is 2.78. The minimum Gasteiger partial charge on any atom is -0.392 e. The van der Waals surface area contributed by atoms with Gasteiger partial charge in [0.15, 0.2) is 0 Å². The fourth-order valence-corrected chi connectivity index (χ4v) is 3.38. The molecule has 0 unspecified atom stereocenters. The van der Waals surface area contributed by atoms with E-state index in [0.29, 0.717) is 0 Å². The van der Waals surface area contributed by atoms with E-state index in [1.165, 1.54) is 16.7 Å². The standard InChI is InChI=1S/C22H31N3O/c1-18(22-5-3-4-21(14-22)17-26)23-15-19-6-8-20(9-7-19)16-25-12-10-24(2)11-13-25/h3-9,14,18,23,26H,10-13,15-17H2,1-2H3/t18-/m1/s1. The van der Waals surface area contributed by atoms with Crippen LogP contribution in [0.15, 0.2) is 48.5 Å². The zero-order chi connectivity index (χ0) is 18.4. The van der Waals surface area contributed by atoms with Crippen LogP contribution in [0.5, 0.6) is 0 Å². The second-order valence-corrected chi connectivity index (χ2v) is 7.40. The first-order chi connectivity index (χ1) is 12.6. The number of hydrogen-bond acceptors (Lipinski definition) is 4. The molecule has 2 N–H and O–H groups in total. The third-order valence-electron chi connectivity index (χ3n) is 5.27. The van der Waals surface area contributed by atoms with Gasteiger partial charge in [-0.2, -0.15) is 0 Å². The lowest BCUT2D eigenvalue weighted by atomic mass is 10.0. The SMILES string of the molecule is C[C@@H](NCc1ccc(CN2CCN(C)CC2)cc1)c1cccc(CO)c1. The Bertz CT molecular complexity index is 678. The first kappa shape index (κ1) is 19.1. The topological polar surface area (TPSA) is 38.7 Å². The molecule has 0 amide bonds. The molecule has 1 atom stereocenters. The molecule has 2 aromatic rings. The Morgan fingerprint density at radius 3 is 2.35 bits per heavy atom. The van der Waals surface area contributed by atoms with Gasteiger partial charge in [-0.15, -0.1) is 0 Å². The minimum absolute atomic E-state index is 0.0926. The third-order valence-corrected chi connectivity index (χ3v) is 5.27. The Labute approximate surface area is 157 Å². The molecule has 1 aliphatic heterocycles. The fraction of sp³-hybridized carbons (Fsp3) is 0.455. The molecule has 1 saturated heterocycles. The van der Waals surface area contributed by atoms with Crippen LogP contribution >= 0.6 is 0 Å². The van der Waals surface area contributed by atoms with Gasteiger partial charge in [-0.1, -0.05) is 48.5 Å². The average molecular weight is 354 g/mol. The van der Waals surface area contributed by atoms with Crippen LogP contribution in [0.3, 0.4) is 0 Å². The van der Waals surface area contributed by atoms with E-state index in [4.69, 9.17) is 0 Å². The van der Waals surface area contributed by atoms with Gasteiger partial charge in [0, 0.05) is 45.3 Å². The smallest absolute Gasteiger partial charge is 0.0681 e. The molecule has 0 bridgehead atoms. The number of likely N-dealkylation sites (N-methyl/N-ethyl adjacent to an activating group) is 1. The molecule has 4 heteroatoms. The summed E-state index contributed by atoms with van der Waals surface area (Å²) >= 11 is 0. The Hall–Kier alpha value is -1.72. The van der Waals surface area contributed by atoms with Crippen molar-refractivity contribution in [3.8, 4) is 0 Å². The summed E-state index contributed by atoms with van der Waals surface area (Å²) < 4.78 is 0. The van der Waals surface area contributed by atoms with Crippen molar-refractivity contribution in [1.29, 1.82) is 0 Å². The molecule has 26 heavy (non-hydrogen) atoms. The third kappa shape index (κ3) is 5.39. The van der Waals surface area contributed by atoms with Gasteiger partial charge in [0.25, 0.3) is 0 Å². The Morgan fingerprint density at radius 2 is 1.65 bits per heavy atom. The van der Waals surface area contributed by atoms with Crippen LogP contribution in [-0.4, -0.2) is 48.1 Å². The molecule has 2 aromatic carbocycles. The van der Waals surface area contributed by atoms with Gasteiger partial charge in [-0.3, -0.25) is 4.90 Å². The van der Waals surface area contributed by atoms with Gasteiger partial charge in [0.1, 0.15) is 0 Å². The normalized spacial score (nSPS) is 17.3. The van der Waals surface area contributed by atoms with Crippen LogP contribution in [0.1, 0.15) is 35.2 Å². The molecule has 0 radical (unpaired) electrons. The van der Waals surface area contributed by atoms with Crippen LogP contribution in [0.25, 0.3) is 0 Å². The van der Waals surface area contributed by atoms with Crippen LogP contribution < -0.4 is 5.32 Å². The highest BCUT2D eigenvalue weighted by atomic mass is 16.3. The predicted molar refractivity (Wildman–Crippen MR) is 107 cm³/mol. The van der Waals surface area contributed by atoms with Crippen LogP contribution in [0.2, 0.25) is 0 Å². The lowest BCUT2D eigenvalue weighted by Gasteiger charge is -2.32. The second kappa shape index (κ2) is 9.28. The summed E-state index contributed by atoms with van der Waals surface area (Å²) in [4.78, 5) is 4.92. The van der Waals surface area contributed by atoms with E-state index in [2.05, 4.69) is 65.5 Å². The van der Waals surface area contributed by atoms with Crippen molar-refractivity contribution in [2.24, 2.45) is 0 Å². The molecule has 4 nitrogen and oxygen atoms in total. The second-order valence-electron chi connectivity index (χ2n) is 7.40. The molecule has 0 aliphatic carbocycles. The first-order valence-corrected chi connectivity index (χ1v) is 9.56. The molecule has 140 valence electrons. The highest BCUT2D eigenvalue weighted by Crippen LogP contribution is 2.16. The number of piperazine rings is 1. The summed E-state index contributed by atoms with van der Waals surface area (Å²) in [6.07, 6.45) is 0. The number of aliphatic hydroxyl groups is 1. The number of rotatable bonds is 7. The molecular weight excluding hydrogens is 322 g/mol. The maximum Gasteiger partial charge on any atom is 0.0681 e. The van der Waals surface area contributed by atoms with Gasteiger partial charge >= 0.3 is 0 Å². The molecule has 1 heterocycles. The average Bonchev–Trinajstić information content (AvgIpc) is 2.69. The van der Waals surface area contributed by atoms with Crippen molar-refractivity contribution >= 4 is 0 Å². The summed E-state index contributed by atoms with van der Waals surface area (Å²) in [6.45, 7) is 8.79. The highest BCUT2D eigenvalue weighted by molar-refractivity contribution is 5.26. The van der Waals surface area contributed by atoms with Gasteiger partial charge in [0.05, 0.1) is 6.61 Å². The van der Waals surface area contributed by atoms with E-state index >= 15 is 0 Å². The highest BCUT2D eigenvalue weighted by Gasteiger charge is 2.13. The van der Waals surface area contributed by atoms with Crippen LogP contribution in [0, 0.1) is 0 Å². The molecule has 0 saturated carbocycles. The van der Waals surface area contributed by atoms with Crippen LogP contribution in [0.4, 0.5) is 0 Å². The summed E-state index contributed by atoms with van der Waals surface area (Å²) in [5.74, 6) is 0. The van der Waals surface area contributed by atoms with Crippen molar-refractivity contribution in [2.75, 3.05) is 33.2 Å². The van der Waals surface area contributed by atoms with Crippen LogP contribution in [-0.2, 0) is 19.7 Å². The van der Waals surface area contributed by atoms with E-state index in [0.717, 1.165) is 44.8 Å². The molecule has 1 aliphatic rings. The monoisotopic (exact) mass is 353 g/mol. The van der Waals surface area contributed by atoms with E-state index in [-0.39, 0.29) is 12.6 Å². The maximum absolute atomic E-state index is 9.28. The number of aliphatic hydroxyl groups excluding tert-OH is 1. The lowest BCUT2D eigenvalue weighted by Crippen LogP contribution is -2.43. The van der Waals surface area contributed by atoms with Crippen molar-refractivity contribution in [3.05, 3.63) is 70.8 Å². The number of hydrogen-bond donors (Lipinski definition) is 2. The zero-order valence-corrected chi connectivity index (χ0v) is 16.0. The first-order valence-electron chi connectivity index (χ1n) is 9.56. The lowest BCUT2D eigenvalue weighted by molar-refractivity contribution is 0.148. The maximum atomic E-state index is 9.28. The van der Waals surface area contributed by atoms with Crippen molar-refractivity contribution < 1.29 is 5.11 Å². The summed E-state index contributed by atoms with van der Waals surface area (Å²) in [6, 6.07) is 17.4. The Balaban J connectivity index is 1.49. The number of nitrogens with one attached hydrogen (secondary N) is 1. The Morgan fingerprint density at radius 1 is 0.962 bits per heavy atom. The van der Waals surface area contributed by atoms with E-state index in [1.54, 1.807) is 0 Å². The molecular formula is C22H31N3O. The molecule has 1 fully saturated rings. The van der Waals surface area contributed by atoms with Gasteiger partial charge < -0.3 is 15.3 Å². The van der Waals surface area contributed by atoms with E-state index in [1.807, 2.05) is 12.1 Å². The minimum atomic E-state index is 0.0926. The fourth-order valence-electron chi connectivity index (χ4n) is 3.38. The van der Waals surface area contributed by atoms with Gasteiger partial charge in [-0.05, 0) is 36.2 Å². The molecule has 0 spiro atoms. The zero-order valence-electron chi connectivity index (χ0n) is 16.0. The van der Waals surface area contributed by atoms with Crippen molar-refractivity contribution in [3.63, 3.8) is 0 Å².